The van der Waals surface area contributed by atoms with Crippen molar-refractivity contribution in [3.8, 4) is 0 Å². The summed E-state index contributed by atoms with van der Waals surface area (Å²) in [6, 6.07) is 5.93. The van der Waals surface area contributed by atoms with Gasteiger partial charge in [0.1, 0.15) is 13.1 Å². The zero-order valence-corrected chi connectivity index (χ0v) is 22.7. The fourth-order valence-electron chi connectivity index (χ4n) is 4.75. The first-order valence-electron chi connectivity index (χ1n) is 12.6. The number of carbonyl (C=O) groups excluding carboxylic acids is 2. The molecule has 1 saturated heterocycles. The molecule has 1 unspecified atom stereocenters. The maximum absolute atomic E-state index is 12.9. The van der Waals surface area contributed by atoms with Crippen LogP contribution in [-0.2, 0) is 30.8 Å². The number of benzene rings is 1. The molecule has 6 N–H and O–H groups in total. The van der Waals surface area contributed by atoms with Gasteiger partial charge < -0.3 is 31.7 Å². The van der Waals surface area contributed by atoms with E-state index < -0.39 is 12.0 Å². The molecule has 1 atom stereocenters. The Bertz CT molecular complexity index is 1350. The molecule has 1 aliphatic rings. The van der Waals surface area contributed by atoms with Crippen LogP contribution < -0.4 is 21.4 Å². The second-order valence-corrected chi connectivity index (χ2v) is 9.98. The predicted molar refractivity (Wildman–Crippen MR) is 144 cm³/mol. The summed E-state index contributed by atoms with van der Waals surface area (Å²) in [5.41, 5.74) is 14.1. The van der Waals surface area contributed by atoms with E-state index >= 15 is 0 Å². The van der Waals surface area contributed by atoms with Gasteiger partial charge in [0.2, 0.25) is 5.91 Å². The van der Waals surface area contributed by atoms with Crippen LogP contribution in [-0.4, -0.2) is 80.6 Å². The molecule has 0 spiro atoms. The Kier molecular flexibility index (Phi) is 8.34. The van der Waals surface area contributed by atoms with E-state index in [9.17, 15) is 14.7 Å². The zero-order chi connectivity index (χ0) is 27.6. The van der Waals surface area contributed by atoms with Crippen molar-refractivity contribution in [1.82, 2.24) is 29.7 Å². The van der Waals surface area contributed by atoms with Crippen molar-refractivity contribution in [2.75, 3.05) is 44.7 Å². The first kappa shape index (κ1) is 27.6. The zero-order valence-electron chi connectivity index (χ0n) is 21.9. The van der Waals surface area contributed by atoms with Crippen LogP contribution in [0.2, 0.25) is 5.15 Å². The third kappa shape index (κ3) is 5.82. The van der Waals surface area contributed by atoms with Gasteiger partial charge in [0.15, 0.2) is 33.5 Å². The van der Waals surface area contributed by atoms with Crippen LogP contribution in [0.4, 0.5) is 11.6 Å². The molecule has 3 heterocycles. The number of aryl methyl sites for hydroxylation is 1. The SMILES string of the molecule is CCn1c(CNC(=O)c2nc(Cl)c(N)nc2N)[n+](CC(C)O)c2ccc(CC(=O)N3CCN(C)CC3)cc21. The lowest BCUT2D eigenvalue weighted by Gasteiger charge is -2.32. The Labute approximate surface area is 226 Å². The molecule has 4 rings (SSSR count). The largest absolute Gasteiger partial charge is 0.389 e. The number of amides is 2. The number of carbonyl (C=O) groups is 2. The standard InChI is InChI=1S/C25H34ClN9O3/c1-4-34-18-11-16(12-20(37)33-9-7-32(3)8-10-33)5-6-17(18)35(14-15(2)36)19(34)13-29-25(38)21-23(27)31-24(28)22(26)30-21/h5-6,11,15,36H,4,7-10,12-14H2,1-3H3,(H4-,27,28,29,31,38)/p+1. The molecule has 12 nitrogen and oxygen atoms in total. The number of hydrogen-bond acceptors (Lipinski definition) is 8. The maximum Gasteiger partial charge on any atom is 0.277 e. The van der Waals surface area contributed by atoms with Crippen LogP contribution in [0.1, 0.15) is 35.7 Å². The number of likely N-dealkylation sites (N-methyl/N-ethyl adjacent to an activating group) is 1. The predicted octanol–water partition coefficient (Wildman–Crippen LogP) is 0.184. The topological polar surface area (TPSA) is 160 Å². The molecule has 0 saturated carbocycles. The van der Waals surface area contributed by atoms with Crippen molar-refractivity contribution >= 4 is 46.1 Å². The van der Waals surface area contributed by atoms with Gasteiger partial charge in [-0.3, -0.25) is 9.59 Å². The number of halogens is 1. The van der Waals surface area contributed by atoms with Gasteiger partial charge in [-0.05, 0) is 38.6 Å². The molecular weight excluding hydrogens is 510 g/mol. The summed E-state index contributed by atoms with van der Waals surface area (Å²) >= 11 is 5.94. The lowest BCUT2D eigenvalue weighted by molar-refractivity contribution is -0.686. The summed E-state index contributed by atoms with van der Waals surface area (Å²) in [6.45, 7) is 7.99. The summed E-state index contributed by atoms with van der Waals surface area (Å²) in [5.74, 6) is 0.159. The van der Waals surface area contributed by atoms with Gasteiger partial charge in [-0.15, -0.1) is 0 Å². The van der Waals surface area contributed by atoms with Crippen molar-refractivity contribution < 1.29 is 19.3 Å². The molecule has 0 bridgehead atoms. The van der Waals surface area contributed by atoms with Crippen LogP contribution >= 0.6 is 11.6 Å². The van der Waals surface area contributed by atoms with Crippen molar-refractivity contribution in [1.29, 1.82) is 0 Å². The lowest BCUT2D eigenvalue weighted by Crippen LogP contribution is -2.47. The average molecular weight is 545 g/mol. The monoisotopic (exact) mass is 544 g/mol. The van der Waals surface area contributed by atoms with Gasteiger partial charge in [-0.1, -0.05) is 17.7 Å². The number of aliphatic hydroxyl groups is 1. The van der Waals surface area contributed by atoms with E-state index in [0.717, 1.165) is 48.6 Å². The highest BCUT2D eigenvalue weighted by atomic mass is 35.5. The number of nitrogens with zero attached hydrogens (tertiary/aromatic N) is 6. The van der Waals surface area contributed by atoms with Crippen molar-refractivity contribution in [2.45, 2.75) is 46.0 Å². The van der Waals surface area contributed by atoms with E-state index in [4.69, 9.17) is 23.1 Å². The van der Waals surface area contributed by atoms with Gasteiger partial charge in [-0.2, -0.15) is 0 Å². The molecular formula is C25H35ClN9O3+. The van der Waals surface area contributed by atoms with Gasteiger partial charge in [-0.25, -0.2) is 19.1 Å². The summed E-state index contributed by atoms with van der Waals surface area (Å²) in [4.78, 5) is 37.8. The summed E-state index contributed by atoms with van der Waals surface area (Å²) < 4.78 is 4.04. The number of nitrogens with two attached hydrogens (primary N) is 2. The highest BCUT2D eigenvalue weighted by Crippen LogP contribution is 2.20. The second kappa shape index (κ2) is 11.5. The molecule has 13 heteroatoms. The molecule has 1 aliphatic heterocycles. The number of hydrogen-bond donors (Lipinski definition) is 4. The Morgan fingerprint density at radius 2 is 1.89 bits per heavy atom. The molecule has 2 aromatic heterocycles. The molecule has 3 aromatic rings. The molecule has 2 amide bonds. The van der Waals surface area contributed by atoms with Crippen molar-refractivity contribution in [3.63, 3.8) is 0 Å². The molecule has 0 radical (unpaired) electrons. The lowest BCUT2D eigenvalue weighted by atomic mass is 10.1. The molecule has 1 fully saturated rings. The highest BCUT2D eigenvalue weighted by Gasteiger charge is 2.27. The van der Waals surface area contributed by atoms with E-state index in [1.54, 1.807) is 6.92 Å². The Balaban J connectivity index is 1.62. The molecule has 1 aromatic carbocycles. The first-order valence-corrected chi connectivity index (χ1v) is 13.0. The number of anilines is 2. The Morgan fingerprint density at radius 3 is 2.55 bits per heavy atom. The normalized spacial score (nSPS) is 15.1. The molecule has 38 heavy (non-hydrogen) atoms. The van der Waals surface area contributed by atoms with Crippen LogP contribution in [0, 0.1) is 0 Å². The van der Waals surface area contributed by atoms with Crippen molar-refractivity contribution in [2.24, 2.45) is 0 Å². The molecule has 204 valence electrons. The quantitative estimate of drug-likeness (QED) is 0.292. The fraction of sp³-hybridized carbons (Fsp3) is 0.480. The minimum absolute atomic E-state index is 0.0523. The number of aliphatic hydroxyl groups excluding tert-OH is 1. The van der Waals surface area contributed by atoms with E-state index in [-0.39, 0.29) is 34.9 Å². The molecule has 0 aliphatic carbocycles. The van der Waals surface area contributed by atoms with E-state index in [1.807, 2.05) is 34.6 Å². The van der Waals surface area contributed by atoms with E-state index in [2.05, 4.69) is 31.8 Å². The minimum Gasteiger partial charge on any atom is -0.389 e. The number of piperazine rings is 1. The number of nitrogen functional groups attached to an aromatic ring is 2. The van der Waals surface area contributed by atoms with Crippen molar-refractivity contribution in [3.05, 3.63) is 40.4 Å². The van der Waals surface area contributed by atoms with Gasteiger partial charge in [0, 0.05) is 26.2 Å². The Morgan fingerprint density at radius 1 is 1.18 bits per heavy atom. The summed E-state index contributed by atoms with van der Waals surface area (Å²) in [7, 11) is 2.06. The highest BCUT2D eigenvalue weighted by molar-refractivity contribution is 6.31. The van der Waals surface area contributed by atoms with Gasteiger partial charge >= 0.3 is 0 Å². The van der Waals surface area contributed by atoms with Crippen LogP contribution in [0.5, 0.6) is 0 Å². The average Bonchev–Trinajstić information content (AvgIpc) is 3.16. The minimum atomic E-state index is -0.624. The fourth-order valence-corrected chi connectivity index (χ4v) is 4.88. The van der Waals surface area contributed by atoms with Crippen LogP contribution in [0.3, 0.4) is 0 Å². The van der Waals surface area contributed by atoms with E-state index in [1.165, 1.54) is 0 Å². The summed E-state index contributed by atoms with van der Waals surface area (Å²) in [5, 5.41) is 13.0. The number of imidazole rings is 1. The second-order valence-electron chi connectivity index (χ2n) is 9.62. The number of fused-ring (bicyclic) bond motifs is 1. The number of nitrogens with one attached hydrogen (secondary N) is 1. The number of aromatic nitrogens is 4. The van der Waals surface area contributed by atoms with E-state index in [0.29, 0.717) is 19.5 Å². The third-order valence-electron chi connectivity index (χ3n) is 6.75. The first-order chi connectivity index (χ1) is 18.1. The Hall–Kier alpha value is -3.48. The third-order valence-corrected chi connectivity index (χ3v) is 7.02. The number of rotatable bonds is 8. The van der Waals surface area contributed by atoms with Gasteiger partial charge in [0.05, 0.1) is 19.1 Å². The summed E-state index contributed by atoms with van der Waals surface area (Å²) in [6.07, 6.45) is -0.311. The van der Waals surface area contributed by atoms with Crippen LogP contribution in [0.25, 0.3) is 11.0 Å². The van der Waals surface area contributed by atoms with Gasteiger partial charge in [0.25, 0.3) is 11.7 Å². The smallest absolute Gasteiger partial charge is 0.277 e. The van der Waals surface area contributed by atoms with Crippen LogP contribution in [0.15, 0.2) is 18.2 Å². The maximum atomic E-state index is 12.9.